The van der Waals surface area contributed by atoms with Crippen LogP contribution >= 0.6 is 0 Å². The number of benzene rings is 1. The lowest BCUT2D eigenvalue weighted by Gasteiger charge is -2.24. The summed E-state index contributed by atoms with van der Waals surface area (Å²) >= 11 is 0. The van der Waals surface area contributed by atoms with Gasteiger partial charge in [-0.25, -0.2) is 9.37 Å². The van der Waals surface area contributed by atoms with Gasteiger partial charge < -0.3 is 10.7 Å². The summed E-state index contributed by atoms with van der Waals surface area (Å²) in [5.74, 6) is 1.30. The molecule has 0 amide bonds. The van der Waals surface area contributed by atoms with E-state index in [1.165, 1.54) is 12.1 Å². The van der Waals surface area contributed by atoms with Gasteiger partial charge in [0, 0.05) is 12.0 Å². The van der Waals surface area contributed by atoms with E-state index in [1.54, 1.807) is 12.1 Å². The molecule has 1 saturated carbocycles. The van der Waals surface area contributed by atoms with Gasteiger partial charge in [0.15, 0.2) is 0 Å². The predicted octanol–water partition coefficient (Wildman–Crippen LogP) is 3.20. The maximum atomic E-state index is 12.9. The Morgan fingerprint density at radius 1 is 1.11 bits per heavy atom. The average Bonchev–Trinajstić information content (AvgIpc) is 2.90. The Kier molecular flexibility index (Phi) is 3.34. The first-order valence-electron chi connectivity index (χ1n) is 6.79. The van der Waals surface area contributed by atoms with Gasteiger partial charge in [0.05, 0.1) is 11.9 Å². The van der Waals surface area contributed by atoms with Crippen LogP contribution < -0.4 is 5.73 Å². The Morgan fingerprint density at radius 2 is 1.79 bits per heavy atom. The number of nitrogens with zero attached hydrogens (tertiary/aromatic N) is 1. The average molecular weight is 259 g/mol. The van der Waals surface area contributed by atoms with Gasteiger partial charge in [-0.2, -0.15) is 0 Å². The highest BCUT2D eigenvalue weighted by atomic mass is 19.1. The third-order valence-corrected chi connectivity index (χ3v) is 3.91. The number of nitrogens with one attached hydrogen (secondary N) is 1. The Bertz CT molecular complexity index is 539. The molecule has 0 spiro atoms. The summed E-state index contributed by atoms with van der Waals surface area (Å²) in [4.78, 5) is 7.83. The zero-order chi connectivity index (χ0) is 13.2. The van der Waals surface area contributed by atoms with Crippen molar-refractivity contribution in [1.29, 1.82) is 0 Å². The molecule has 1 fully saturated rings. The third kappa shape index (κ3) is 2.68. The van der Waals surface area contributed by atoms with Crippen LogP contribution in [0.3, 0.4) is 0 Å². The fourth-order valence-corrected chi connectivity index (χ4v) is 2.71. The molecule has 100 valence electrons. The molecular formula is C15H18FN3. The second kappa shape index (κ2) is 5.13. The van der Waals surface area contributed by atoms with Crippen molar-refractivity contribution >= 4 is 0 Å². The quantitative estimate of drug-likeness (QED) is 0.870. The van der Waals surface area contributed by atoms with Crippen molar-refractivity contribution in [3.8, 4) is 11.3 Å². The van der Waals surface area contributed by atoms with Crippen molar-refractivity contribution in [3.05, 3.63) is 42.1 Å². The number of halogens is 1. The Labute approximate surface area is 112 Å². The van der Waals surface area contributed by atoms with Crippen molar-refractivity contribution < 1.29 is 4.39 Å². The van der Waals surface area contributed by atoms with E-state index in [1.807, 2.05) is 6.20 Å². The molecule has 4 heteroatoms. The van der Waals surface area contributed by atoms with Crippen LogP contribution in [0.25, 0.3) is 11.3 Å². The molecular weight excluding hydrogens is 241 g/mol. The third-order valence-electron chi connectivity index (χ3n) is 3.91. The number of aromatic amines is 1. The van der Waals surface area contributed by atoms with Gasteiger partial charge in [-0.15, -0.1) is 0 Å². The van der Waals surface area contributed by atoms with Crippen molar-refractivity contribution in [3.63, 3.8) is 0 Å². The fraction of sp³-hybridized carbons (Fsp3) is 0.400. The minimum Gasteiger partial charge on any atom is -0.342 e. The van der Waals surface area contributed by atoms with Crippen LogP contribution in [0.5, 0.6) is 0 Å². The number of hydrogen-bond donors (Lipinski definition) is 2. The zero-order valence-electron chi connectivity index (χ0n) is 10.8. The second-order valence-corrected chi connectivity index (χ2v) is 5.30. The molecule has 3 nitrogen and oxygen atoms in total. The topological polar surface area (TPSA) is 54.7 Å². The molecule has 0 saturated heterocycles. The van der Waals surface area contributed by atoms with Crippen LogP contribution in [-0.4, -0.2) is 16.0 Å². The smallest absolute Gasteiger partial charge is 0.123 e. The highest BCUT2D eigenvalue weighted by Gasteiger charge is 2.22. The van der Waals surface area contributed by atoms with Crippen LogP contribution in [0.15, 0.2) is 30.5 Å². The number of hydrogen-bond acceptors (Lipinski definition) is 2. The number of nitrogens with two attached hydrogens (primary N) is 1. The second-order valence-electron chi connectivity index (χ2n) is 5.30. The molecule has 0 radical (unpaired) electrons. The summed E-state index contributed by atoms with van der Waals surface area (Å²) in [5.41, 5.74) is 7.83. The van der Waals surface area contributed by atoms with Crippen LogP contribution in [-0.2, 0) is 0 Å². The zero-order valence-corrected chi connectivity index (χ0v) is 10.8. The van der Waals surface area contributed by atoms with E-state index < -0.39 is 0 Å². The van der Waals surface area contributed by atoms with E-state index in [0.29, 0.717) is 12.0 Å². The number of imidazole rings is 1. The maximum absolute atomic E-state index is 12.9. The molecule has 0 unspecified atom stereocenters. The lowest BCUT2D eigenvalue weighted by Crippen LogP contribution is -2.26. The van der Waals surface area contributed by atoms with Crippen LogP contribution in [0, 0.1) is 5.82 Å². The first-order chi connectivity index (χ1) is 9.22. The van der Waals surface area contributed by atoms with Gasteiger partial charge >= 0.3 is 0 Å². The molecule has 1 aliphatic rings. The molecule has 0 atom stereocenters. The van der Waals surface area contributed by atoms with Gasteiger partial charge in [-0.3, -0.25) is 0 Å². The standard InChI is InChI=1S/C15H18FN3/c16-12-5-1-10(2-6-12)14-9-18-15(19-14)11-3-7-13(17)8-4-11/h1-2,5-6,9,11,13H,3-4,7-8,17H2,(H,18,19). The van der Waals surface area contributed by atoms with E-state index in [2.05, 4.69) is 9.97 Å². The Balaban J connectivity index is 1.77. The van der Waals surface area contributed by atoms with Crippen LogP contribution in [0.4, 0.5) is 4.39 Å². The highest BCUT2D eigenvalue weighted by Crippen LogP contribution is 2.31. The van der Waals surface area contributed by atoms with Crippen molar-refractivity contribution in [2.45, 2.75) is 37.6 Å². The monoisotopic (exact) mass is 259 g/mol. The molecule has 0 bridgehead atoms. The molecule has 1 aromatic carbocycles. The molecule has 1 heterocycles. The Hall–Kier alpha value is -1.68. The summed E-state index contributed by atoms with van der Waals surface area (Å²) in [6.07, 6.45) is 6.15. The van der Waals surface area contributed by atoms with Crippen LogP contribution in [0.1, 0.15) is 37.4 Å². The minimum absolute atomic E-state index is 0.218. The number of aromatic nitrogens is 2. The van der Waals surface area contributed by atoms with Crippen molar-refractivity contribution in [2.24, 2.45) is 5.73 Å². The number of H-pyrrole nitrogens is 1. The highest BCUT2D eigenvalue weighted by molar-refractivity contribution is 5.58. The lowest BCUT2D eigenvalue weighted by atomic mass is 9.86. The van der Waals surface area contributed by atoms with Gasteiger partial charge in [-0.1, -0.05) is 0 Å². The minimum atomic E-state index is -0.218. The Morgan fingerprint density at radius 3 is 2.47 bits per heavy atom. The first kappa shape index (κ1) is 12.4. The van der Waals surface area contributed by atoms with E-state index in [4.69, 9.17) is 5.73 Å². The molecule has 19 heavy (non-hydrogen) atoms. The van der Waals surface area contributed by atoms with Crippen molar-refractivity contribution in [2.75, 3.05) is 0 Å². The fourth-order valence-electron chi connectivity index (χ4n) is 2.71. The molecule has 1 aliphatic carbocycles. The number of rotatable bonds is 2. The van der Waals surface area contributed by atoms with E-state index >= 15 is 0 Å². The van der Waals surface area contributed by atoms with E-state index in [-0.39, 0.29) is 5.82 Å². The molecule has 3 rings (SSSR count). The summed E-state index contributed by atoms with van der Waals surface area (Å²) in [5, 5.41) is 0. The molecule has 0 aliphatic heterocycles. The largest absolute Gasteiger partial charge is 0.342 e. The lowest BCUT2D eigenvalue weighted by molar-refractivity contribution is 0.386. The van der Waals surface area contributed by atoms with Gasteiger partial charge in [0.25, 0.3) is 0 Å². The van der Waals surface area contributed by atoms with E-state index in [9.17, 15) is 4.39 Å². The van der Waals surface area contributed by atoms with Crippen molar-refractivity contribution in [1.82, 2.24) is 9.97 Å². The summed E-state index contributed by atoms with van der Waals surface area (Å²) in [6.45, 7) is 0. The first-order valence-corrected chi connectivity index (χ1v) is 6.79. The molecule has 1 aromatic heterocycles. The molecule has 3 N–H and O–H groups in total. The van der Waals surface area contributed by atoms with Gasteiger partial charge in [0.2, 0.25) is 0 Å². The summed E-state index contributed by atoms with van der Waals surface area (Å²) < 4.78 is 12.9. The van der Waals surface area contributed by atoms with Gasteiger partial charge in [0.1, 0.15) is 11.6 Å². The maximum Gasteiger partial charge on any atom is 0.123 e. The normalized spacial score (nSPS) is 23.5. The summed E-state index contributed by atoms with van der Waals surface area (Å²) in [6, 6.07) is 6.82. The van der Waals surface area contributed by atoms with Crippen LogP contribution in [0.2, 0.25) is 0 Å². The van der Waals surface area contributed by atoms with E-state index in [0.717, 1.165) is 42.8 Å². The predicted molar refractivity (Wildman–Crippen MR) is 73.2 cm³/mol. The molecule has 2 aromatic rings. The van der Waals surface area contributed by atoms with Gasteiger partial charge in [-0.05, 0) is 55.5 Å². The summed E-state index contributed by atoms with van der Waals surface area (Å²) in [7, 11) is 0. The SMILES string of the molecule is NC1CCC(c2ncc(-c3ccc(F)cc3)[nH]2)CC1.